The van der Waals surface area contributed by atoms with Crippen LogP contribution in [0.15, 0.2) is 46.9 Å². The van der Waals surface area contributed by atoms with E-state index in [1.807, 2.05) is 25.1 Å². The summed E-state index contributed by atoms with van der Waals surface area (Å²) in [7, 11) is 0. The van der Waals surface area contributed by atoms with Gasteiger partial charge in [0.2, 0.25) is 0 Å². The molecule has 2 rings (SSSR count). The average molecular weight is 351 g/mol. The van der Waals surface area contributed by atoms with Gasteiger partial charge in [-0.3, -0.25) is 10.1 Å². The number of non-ortho nitro benzene ring substituents is 1. The Hall–Kier alpha value is -1.92. The summed E-state index contributed by atoms with van der Waals surface area (Å²) < 4.78 is 6.47. The first-order valence-electron chi connectivity index (χ1n) is 6.49. The van der Waals surface area contributed by atoms with Gasteiger partial charge in [0.25, 0.3) is 5.69 Å². The van der Waals surface area contributed by atoms with Gasteiger partial charge in [-0.15, -0.1) is 0 Å². The molecule has 1 atom stereocenters. The van der Waals surface area contributed by atoms with Gasteiger partial charge < -0.3 is 10.5 Å². The average Bonchev–Trinajstić information content (AvgIpc) is 2.49. The lowest BCUT2D eigenvalue weighted by molar-refractivity contribution is -0.384. The van der Waals surface area contributed by atoms with Crippen LogP contribution in [0, 0.1) is 10.1 Å². The van der Waals surface area contributed by atoms with Crippen LogP contribution in [0.2, 0.25) is 0 Å². The fraction of sp³-hybridized carbons (Fsp3) is 0.200. The van der Waals surface area contributed by atoms with Crippen molar-refractivity contribution in [2.75, 3.05) is 0 Å². The first kappa shape index (κ1) is 15.5. The van der Waals surface area contributed by atoms with Crippen molar-refractivity contribution in [3.05, 3.63) is 62.6 Å². The molecule has 0 spiro atoms. The highest BCUT2D eigenvalue weighted by Gasteiger charge is 2.15. The smallest absolute Gasteiger partial charge is 0.273 e. The molecule has 2 aromatic carbocycles. The number of nitro benzene ring substituents is 1. The van der Waals surface area contributed by atoms with Crippen molar-refractivity contribution in [3.8, 4) is 11.5 Å². The minimum absolute atomic E-state index is 0.0227. The summed E-state index contributed by atoms with van der Waals surface area (Å²) in [5, 5.41) is 10.9. The normalized spacial score (nSPS) is 12.0. The lowest BCUT2D eigenvalue weighted by atomic mass is 10.0. The molecule has 0 unspecified atom stereocenters. The molecule has 0 heterocycles. The van der Waals surface area contributed by atoms with Gasteiger partial charge in [-0.25, -0.2) is 0 Å². The number of nitrogens with zero attached hydrogens (tertiary/aromatic N) is 1. The maximum Gasteiger partial charge on any atom is 0.273 e. The fourth-order valence-electron chi connectivity index (χ4n) is 1.90. The van der Waals surface area contributed by atoms with Crippen LogP contribution >= 0.6 is 15.9 Å². The summed E-state index contributed by atoms with van der Waals surface area (Å²) >= 11 is 3.34. The summed E-state index contributed by atoms with van der Waals surface area (Å²) in [6, 6.07) is 11.7. The lowest BCUT2D eigenvalue weighted by Gasteiger charge is -2.16. The van der Waals surface area contributed by atoms with E-state index in [0.717, 1.165) is 12.0 Å². The van der Waals surface area contributed by atoms with Crippen molar-refractivity contribution >= 4 is 21.6 Å². The summed E-state index contributed by atoms with van der Waals surface area (Å²) in [4.78, 5) is 10.4. The molecule has 0 bridgehead atoms. The Kier molecular flexibility index (Phi) is 4.93. The van der Waals surface area contributed by atoms with Crippen molar-refractivity contribution < 1.29 is 9.66 Å². The molecule has 5 nitrogen and oxygen atoms in total. The SMILES string of the molecule is CC[C@@H](N)c1ccccc1Oc1cc([N+](=O)[O-])ccc1Br. The van der Waals surface area contributed by atoms with Crippen LogP contribution in [-0.2, 0) is 0 Å². The summed E-state index contributed by atoms with van der Waals surface area (Å²) in [5.41, 5.74) is 6.92. The summed E-state index contributed by atoms with van der Waals surface area (Å²) in [6.07, 6.45) is 0.774. The maximum absolute atomic E-state index is 10.9. The molecule has 0 aliphatic rings. The topological polar surface area (TPSA) is 78.4 Å². The van der Waals surface area contributed by atoms with Gasteiger partial charge in [0.05, 0.1) is 15.5 Å². The van der Waals surface area contributed by atoms with Crippen LogP contribution in [0.1, 0.15) is 24.9 Å². The van der Waals surface area contributed by atoms with E-state index >= 15 is 0 Å². The van der Waals surface area contributed by atoms with Gasteiger partial charge >= 0.3 is 0 Å². The van der Waals surface area contributed by atoms with Crippen molar-refractivity contribution in [1.29, 1.82) is 0 Å². The van der Waals surface area contributed by atoms with Crippen LogP contribution in [-0.4, -0.2) is 4.92 Å². The van der Waals surface area contributed by atoms with E-state index in [4.69, 9.17) is 10.5 Å². The number of hydrogen-bond acceptors (Lipinski definition) is 4. The number of ether oxygens (including phenoxy) is 1. The first-order valence-corrected chi connectivity index (χ1v) is 7.28. The number of rotatable bonds is 5. The zero-order valence-corrected chi connectivity index (χ0v) is 13.0. The first-order chi connectivity index (χ1) is 10.0. The van der Waals surface area contributed by atoms with Crippen molar-refractivity contribution in [2.24, 2.45) is 5.73 Å². The molecule has 0 aliphatic carbocycles. The molecule has 0 saturated carbocycles. The lowest BCUT2D eigenvalue weighted by Crippen LogP contribution is -2.09. The zero-order chi connectivity index (χ0) is 15.4. The Morgan fingerprint density at radius 1 is 1.29 bits per heavy atom. The third-order valence-corrected chi connectivity index (χ3v) is 3.76. The predicted molar refractivity (Wildman–Crippen MR) is 84.5 cm³/mol. The number of para-hydroxylation sites is 1. The van der Waals surface area contributed by atoms with E-state index in [1.165, 1.54) is 12.1 Å². The molecule has 0 aromatic heterocycles. The number of hydrogen-bond donors (Lipinski definition) is 1. The van der Waals surface area contributed by atoms with Gasteiger partial charge in [-0.1, -0.05) is 25.1 Å². The summed E-state index contributed by atoms with van der Waals surface area (Å²) in [6.45, 7) is 1.99. The Labute approximate surface area is 131 Å². The van der Waals surface area contributed by atoms with Crippen LogP contribution in [0.25, 0.3) is 0 Å². The largest absolute Gasteiger partial charge is 0.456 e. The Morgan fingerprint density at radius 3 is 2.67 bits per heavy atom. The standard InChI is InChI=1S/C15H15BrN2O3/c1-2-13(17)11-5-3-4-6-14(11)21-15-9-10(18(19)20)7-8-12(15)16/h3-9,13H,2,17H2,1H3/t13-/m1/s1. The van der Waals surface area contributed by atoms with Gasteiger partial charge in [0, 0.05) is 17.7 Å². The minimum Gasteiger partial charge on any atom is -0.456 e. The highest BCUT2D eigenvalue weighted by Crippen LogP contribution is 2.35. The fourth-order valence-corrected chi connectivity index (χ4v) is 2.23. The van der Waals surface area contributed by atoms with Gasteiger partial charge in [-0.05, 0) is 34.5 Å². The molecular formula is C15H15BrN2O3. The quantitative estimate of drug-likeness (QED) is 0.633. The zero-order valence-electron chi connectivity index (χ0n) is 11.5. The Bertz CT molecular complexity index is 661. The third-order valence-electron chi connectivity index (χ3n) is 3.10. The molecule has 2 N–H and O–H groups in total. The molecular weight excluding hydrogens is 336 g/mol. The molecule has 2 aromatic rings. The predicted octanol–water partition coefficient (Wildman–Crippen LogP) is 4.56. The van der Waals surface area contributed by atoms with E-state index in [2.05, 4.69) is 15.9 Å². The van der Waals surface area contributed by atoms with Crippen molar-refractivity contribution in [2.45, 2.75) is 19.4 Å². The van der Waals surface area contributed by atoms with E-state index < -0.39 is 4.92 Å². The second-order valence-electron chi connectivity index (χ2n) is 4.53. The van der Waals surface area contributed by atoms with E-state index in [-0.39, 0.29) is 11.7 Å². The minimum atomic E-state index is -0.455. The number of benzene rings is 2. The molecule has 6 heteroatoms. The molecule has 110 valence electrons. The Morgan fingerprint density at radius 2 is 2.00 bits per heavy atom. The molecule has 0 radical (unpaired) electrons. The molecule has 0 saturated heterocycles. The maximum atomic E-state index is 10.9. The van der Waals surface area contributed by atoms with E-state index in [0.29, 0.717) is 16.0 Å². The second-order valence-corrected chi connectivity index (χ2v) is 5.38. The van der Waals surface area contributed by atoms with Crippen LogP contribution in [0.4, 0.5) is 5.69 Å². The van der Waals surface area contributed by atoms with Crippen LogP contribution in [0.3, 0.4) is 0 Å². The Balaban J connectivity index is 2.38. The second kappa shape index (κ2) is 6.69. The van der Waals surface area contributed by atoms with Crippen molar-refractivity contribution in [1.82, 2.24) is 0 Å². The third kappa shape index (κ3) is 3.59. The number of nitro groups is 1. The highest BCUT2D eigenvalue weighted by molar-refractivity contribution is 9.10. The summed E-state index contributed by atoms with van der Waals surface area (Å²) in [5.74, 6) is 0.994. The molecule has 0 amide bonds. The van der Waals surface area contributed by atoms with Crippen LogP contribution in [0.5, 0.6) is 11.5 Å². The van der Waals surface area contributed by atoms with Gasteiger partial charge in [-0.2, -0.15) is 0 Å². The molecule has 21 heavy (non-hydrogen) atoms. The van der Waals surface area contributed by atoms with Crippen molar-refractivity contribution in [3.63, 3.8) is 0 Å². The van der Waals surface area contributed by atoms with E-state index in [9.17, 15) is 10.1 Å². The number of halogens is 1. The monoisotopic (exact) mass is 350 g/mol. The molecule has 0 fully saturated rings. The molecule has 0 aliphatic heterocycles. The highest BCUT2D eigenvalue weighted by atomic mass is 79.9. The van der Waals surface area contributed by atoms with Gasteiger partial charge in [0.15, 0.2) is 0 Å². The van der Waals surface area contributed by atoms with Gasteiger partial charge in [0.1, 0.15) is 11.5 Å². The van der Waals surface area contributed by atoms with E-state index in [1.54, 1.807) is 12.1 Å². The number of nitrogens with two attached hydrogens (primary N) is 1. The van der Waals surface area contributed by atoms with Crippen LogP contribution < -0.4 is 10.5 Å².